The lowest BCUT2D eigenvalue weighted by atomic mass is 9.96. The van der Waals surface area contributed by atoms with Crippen LogP contribution in [0.15, 0.2) is 0 Å². The minimum atomic E-state index is -3.13. The van der Waals surface area contributed by atoms with Crippen LogP contribution in [0.25, 0.3) is 0 Å². The Balaban J connectivity index is 2.10. The molecule has 1 aliphatic rings. The molecule has 0 aromatic carbocycles. The lowest BCUT2D eigenvalue weighted by molar-refractivity contribution is -0.136. The van der Waals surface area contributed by atoms with E-state index in [1.54, 1.807) is 34.6 Å². The lowest BCUT2D eigenvalue weighted by Gasteiger charge is -2.26. The standard InChI is InChI=1S/C20H30N2O6S2/c1-7-22(14-8-9-30(26,27)11-14)15(23)10-28-18(24)16-12(2)13(3)29-17(16)21-19(25)20(4,5)6/h14H,7-11H2,1-6H3,(H,21,25)/t14-/m1/s1. The number of likely N-dealkylation sites (N-methyl/N-ethyl adjacent to an activating group) is 1. The number of rotatable bonds is 6. The van der Waals surface area contributed by atoms with Crippen LogP contribution in [0.2, 0.25) is 0 Å². The Labute approximate surface area is 181 Å². The number of carbonyl (C=O) groups is 3. The lowest BCUT2D eigenvalue weighted by Crippen LogP contribution is -2.43. The number of hydrogen-bond acceptors (Lipinski definition) is 7. The van der Waals surface area contributed by atoms with E-state index in [2.05, 4.69) is 5.32 Å². The third kappa shape index (κ3) is 5.60. The third-order valence-corrected chi connectivity index (χ3v) is 8.01. The molecule has 1 aromatic heterocycles. The molecule has 0 saturated carbocycles. The Hall–Kier alpha value is -1.94. The quantitative estimate of drug-likeness (QED) is 0.656. The summed E-state index contributed by atoms with van der Waals surface area (Å²) in [7, 11) is -3.13. The number of carbonyl (C=O) groups excluding carboxylic acids is 3. The van der Waals surface area contributed by atoms with E-state index in [0.717, 1.165) is 4.88 Å². The van der Waals surface area contributed by atoms with Gasteiger partial charge in [0.1, 0.15) is 5.00 Å². The summed E-state index contributed by atoms with van der Waals surface area (Å²) in [5.74, 6) is -1.35. The molecule has 1 aliphatic heterocycles. The smallest absolute Gasteiger partial charge is 0.341 e. The topological polar surface area (TPSA) is 110 Å². The zero-order chi connectivity index (χ0) is 22.9. The molecule has 10 heteroatoms. The molecule has 1 atom stereocenters. The van der Waals surface area contributed by atoms with Crippen molar-refractivity contribution in [3.8, 4) is 0 Å². The van der Waals surface area contributed by atoms with Gasteiger partial charge in [-0.3, -0.25) is 9.59 Å². The van der Waals surface area contributed by atoms with Gasteiger partial charge in [-0.05, 0) is 32.8 Å². The molecule has 2 rings (SSSR count). The molecule has 2 amide bonds. The molecule has 0 unspecified atom stereocenters. The highest BCUT2D eigenvalue weighted by Gasteiger charge is 2.34. The van der Waals surface area contributed by atoms with Crippen LogP contribution in [-0.2, 0) is 24.2 Å². The molecule has 1 N–H and O–H groups in total. The monoisotopic (exact) mass is 458 g/mol. The molecule has 0 aliphatic carbocycles. The molecule has 0 radical (unpaired) electrons. The molecular formula is C20H30N2O6S2. The van der Waals surface area contributed by atoms with Gasteiger partial charge in [0.2, 0.25) is 5.91 Å². The van der Waals surface area contributed by atoms with Gasteiger partial charge < -0.3 is 15.0 Å². The largest absolute Gasteiger partial charge is 0.452 e. The second-order valence-corrected chi connectivity index (χ2v) is 12.0. The first-order chi connectivity index (χ1) is 13.8. The van der Waals surface area contributed by atoms with Gasteiger partial charge in [0, 0.05) is 22.9 Å². The number of nitrogens with zero attached hydrogens (tertiary/aromatic N) is 1. The van der Waals surface area contributed by atoms with E-state index < -0.39 is 39.8 Å². The van der Waals surface area contributed by atoms with Crippen molar-refractivity contribution in [1.29, 1.82) is 0 Å². The number of anilines is 1. The summed E-state index contributed by atoms with van der Waals surface area (Å²) in [6.45, 7) is 10.5. The fraction of sp³-hybridized carbons (Fsp3) is 0.650. The Morgan fingerprint density at radius 3 is 2.37 bits per heavy atom. The van der Waals surface area contributed by atoms with E-state index in [0.29, 0.717) is 23.5 Å². The fourth-order valence-electron chi connectivity index (χ4n) is 3.19. The number of ether oxygens (including phenoxy) is 1. The number of sulfone groups is 1. The van der Waals surface area contributed by atoms with Crippen molar-refractivity contribution in [3.63, 3.8) is 0 Å². The summed E-state index contributed by atoms with van der Waals surface area (Å²) in [4.78, 5) is 40.0. The summed E-state index contributed by atoms with van der Waals surface area (Å²) in [6, 6.07) is -0.391. The van der Waals surface area contributed by atoms with Crippen LogP contribution in [0.3, 0.4) is 0 Å². The highest BCUT2D eigenvalue weighted by molar-refractivity contribution is 7.91. The third-order valence-electron chi connectivity index (χ3n) is 5.13. The van der Waals surface area contributed by atoms with Crippen LogP contribution in [0, 0.1) is 19.3 Å². The van der Waals surface area contributed by atoms with Crippen molar-refractivity contribution in [2.45, 2.75) is 54.0 Å². The van der Waals surface area contributed by atoms with Crippen molar-refractivity contribution in [3.05, 3.63) is 16.0 Å². The predicted octanol–water partition coefficient (Wildman–Crippen LogP) is 2.54. The normalized spacial score (nSPS) is 18.1. The Bertz CT molecular complexity index is 943. The molecule has 0 spiro atoms. The van der Waals surface area contributed by atoms with Crippen molar-refractivity contribution < 1.29 is 27.5 Å². The molecule has 168 valence electrons. The van der Waals surface area contributed by atoms with E-state index >= 15 is 0 Å². The minimum absolute atomic E-state index is 0.0610. The second kappa shape index (κ2) is 9.05. The number of thiophene rings is 1. The maximum Gasteiger partial charge on any atom is 0.341 e. The van der Waals surface area contributed by atoms with Crippen LogP contribution in [0.1, 0.15) is 54.9 Å². The fourth-order valence-corrected chi connectivity index (χ4v) is 5.97. The van der Waals surface area contributed by atoms with Crippen LogP contribution < -0.4 is 5.32 Å². The van der Waals surface area contributed by atoms with Crippen LogP contribution in [0.4, 0.5) is 5.00 Å². The molecule has 8 nitrogen and oxygen atoms in total. The van der Waals surface area contributed by atoms with Crippen LogP contribution >= 0.6 is 11.3 Å². The summed E-state index contributed by atoms with van der Waals surface area (Å²) in [5, 5.41) is 3.18. The first-order valence-corrected chi connectivity index (χ1v) is 12.5. The molecule has 0 bridgehead atoms. The Kier molecular flexibility index (Phi) is 7.34. The van der Waals surface area contributed by atoms with Crippen molar-refractivity contribution in [2.75, 3.05) is 30.0 Å². The Morgan fingerprint density at radius 2 is 1.87 bits per heavy atom. The molecular weight excluding hydrogens is 428 g/mol. The number of esters is 1. The van der Waals surface area contributed by atoms with E-state index in [-0.39, 0.29) is 23.0 Å². The molecule has 1 aromatic rings. The van der Waals surface area contributed by atoms with E-state index in [1.807, 2.05) is 6.92 Å². The molecule has 1 saturated heterocycles. The van der Waals surface area contributed by atoms with E-state index in [4.69, 9.17) is 4.74 Å². The van der Waals surface area contributed by atoms with Gasteiger partial charge in [-0.2, -0.15) is 0 Å². The summed E-state index contributed by atoms with van der Waals surface area (Å²) in [6.07, 6.45) is 0.391. The number of nitrogens with one attached hydrogen (secondary N) is 1. The van der Waals surface area contributed by atoms with Crippen molar-refractivity contribution >= 4 is 44.0 Å². The van der Waals surface area contributed by atoms with Gasteiger partial charge in [-0.25, -0.2) is 13.2 Å². The highest BCUT2D eigenvalue weighted by Crippen LogP contribution is 2.34. The molecule has 1 fully saturated rings. The highest BCUT2D eigenvalue weighted by atomic mass is 32.2. The minimum Gasteiger partial charge on any atom is -0.452 e. The zero-order valence-corrected chi connectivity index (χ0v) is 20.0. The van der Waals surface area contributed by atoms with Crippen molar-refractivity contribution in [2.24, 2.45) is 5.41 Å². The van der Waals surface area contributed by atoms with Gasteiger partial charge in [0.15, 0.2) is 16.4 Å². The Morgan fingerprint density at radius 1 is 1.23 bits per heavy atom. The summed E-state index contributed by atoms with van der Waals surface area (Å²) in [5.41, 5.74) is 0.303. The second-order valence-electron chi connectivity index (χ2n) is 8.50. The van der Waals surface area contributed by atoms with E-state index in [9.17, 15) is 22.8 Å². The maximum atomic E-state index is 12.7. The zero-order valence-electron chi connectivity index (χ0n) is 18.3. The predicted molar refractivity (Wildman–Crippen MR) is 117 cm³/mol. The number of aryl methyl sites for hydroxylation is 1. The van der Waals surface area contributed by atoms with Gasteiger partial charge in [-0.1, -0.05) is 20.8 Å². The first-order valence-electron chi connectivity index (χ1n) is 9.85. The van der Waals surface area contributed by atoms with Crippen LogP contribution in [-0.4, -0.2) is 61.8 Å². The number of hydrogen-bond donors (Lipinski definition) is 1. The average molecular weight is 459 g/mol. The van der Waals surface area contributed by atoms with Gasteiger partial charge in [0.05, 0.1) is 17.1 Å². The first kappa shape index (κ1) is 24.3. The number of amides is 2. The maximum absolute atomic E-state index is 12.7. The summed E-state index contributed by atoms with van der Waals surface area (Å²) < 4.78 is 28.7. The van der Waals surface area contributed by atoms with Crippen molar-refractivity contribution in [1.82, 2.24) is 4.90 Å². The van der Waals surface area contributed by atoms with Gasteiger partial charge in [-0.15, -0.1) is 11.3 Å². The van der Waals surface area contributed by atoms with Gasteiger partial charge in [0.25, 0.3) is 5.91 Å². The molecule has 2 heterocycles. The summed E-state index contributed by atoms with van der Waals surface area (Å²) >= 11 is 1.28. The SMILES string of the molecule is CCN(C(=O)COC(=O)c1c(NC(=O)C(C)(C)C)sc(C)c1C)[C@@H]1CCS(=O)(=O)C1. The van der Waals surface area contributed by atoms with Gasteiger partial charge >= 0.3 is 5.97 Å². The van der Waals surface area contributed by atoms with E-state index in [1.165, 1.54) is 16.2 Å². The van der Waals surface area contributed by atoms with Crippen LogP contribution in [0.5, 0.6) is 0 Å². The average Bonchev–Trinajstić information content (AvgIpc) is 3.11. The molecule has 30 heavy (non-hydrogen) atoms.